The highest BCUT2D eigenvalue weighted by Gasteiger charge is 2.31. The molecule has 0 unspecified atom stereocenters. The molecule has 0 bridgehead atoms. The molecule has 5 nitrogen and oxygen atoms in total. The molecule has 0 spiro atoms. The first-order chi connectivity index (χ1) is 14.4. The number of sulfonamides is 1. The summed E-state index contributed by atoms with van der Waals surface area (Å²) in [5.41, 5.74) is 2.58. The number of phenolic OH excluding ortho intramolecular Hbond substituents is 1. The van der Waals surface area contributed by atoms with E-state index in [-0.39, 0.29) is 23.8 Å². The van der Waals surface area contributed by atoms with Crippen LogP contribution < -0.4 is 0 Å². The van der Waals surface area contributed by atoms with E-state index >= 15 is 0 Å². The van der Waals surface area contributed by atoms with Gasteiger partial charge in [0.2, 0.25) is 10.0 Å². The molecule has 3 aromatic carbocycles. The molecule has 0 saturated heterocycles. The summed E-state index contributed by atoms with van der Waals surface area (Å²) in [5.74, 6) is 0.133. The van der Waals surface area contributed by atoms with Crippen molar-refractivity contribution in [2.75, 3.05) is 13.2 Å². The van der Waals surface area contributed by atoms with Crippen molar-refractivity contribution in [1.29, 1.82) is 0 Å². The Morgan fingerprint density at radius 2 is 1.53 bits per heavy atom. The van der Waals surface area contributed by atoms with Crippen LogP contribution in [0, 0.1) is 6.92 Å². The maximum absolute atomic E-state index is 13.5. The van der Waals surface area contributed by atoms with Gasteiger partial charge in [-0.3, -0.25) is 0 Å². The van der Waals surface area contributed by atoms with Gasteiger partial charge in [0.1, 0.15) is 5.75 Å². The Morgan fingerprint density at radius 3 is 2.17 bits per heavy atom. The highest BCUT2D eigenvalue weighted by Crippen LogP contribution is 2.23. The Hall–Kier alpha value is -2.67. The third-order valence-electron chi connectivity index (χ3n) is 5.15. The molecular weight excluding hydrogens is 398 g/mol. The van der Waals surface area contributed by atoms with Crippen LogP contribution in [0.4, 0.5) is 0 Å². The van der Waals surface area contributed by atoms with Crippen LogP contribution in [0.5, 0.6) is 5.75 Å². The van der Waals surface area contributed by atoms with Crippen molar-refractivity contribution >= 4 is 10.0 Å². The summed E-state index contributed by atoms with van der Waals surface area (Å²) in [6.07, 6.45) is 0.728. The monoisotopic (exact) mass is 425 g/mol. The number of aliphatic hydroxyl groups excluding tert-OH is 1. The zero-order valence-electron chi connectivity index (χ0n) is 17.0. The predicted molar refractivity (Wildman–Crippen MR) is 118 cm³/mol. The minimum atomic E-state index is -3.84. The molecule has 0 aliphatic heterocycles. The third kappa shape index (κ3) is 5.27. The van der Waals surface area contributed by atoms with Gasteiger partial charge in [-0.05, 0) is 49.1 Å². The normalized spacial score (nSPS) is 12.8. The van der Waals surface area contributed by atoms with E-state index < -0.39 is 16.1 Å². The van der Waals surface area contributed by atoms with Crippen molar-refractivity contribution in [3.05, 3.63) is 95.6 Å². The van der Waals surface area contributed by atoms with Crippen LogP contribution in [0.2, 0.25) is 0 Å². The number of rotatable bonds is 9. The number of benzene rings is 3. The maximum atomic E-state index is 13.5. The van der Waals surface area contributed by atoms with Crippen molar-refractivity contribution in [2.45, 2.75) is 30.7 Å². The fourth-order valence-electron chi connectivity index (χ4n) is 3.44. The largest absolute Gasteiger partial charge is 0.508 e. The minimum absolute atomic E-state index is 0.133. The zero-order chi connectivity index (χ0) is 21.6. The molecule has 1 atom stereocenters. The second-order valence-electron chi connectivity index (χ2n) is 7.33. The fraction of sp³-hybridized carbons (Fsp3) is 0.250. The molecule has 0 fully saturated rings. The Labute approximate surface area is 178 Å². The highest BCUT2D eigenvalue weighted by molar-refractivity contribution is 7.89. The Bertz CT molecular complexity index is 1050. The number of aromatic hydroxyl groups is 1. The minimum Gasteiger partial charge on any atom is -0.508 e. The number of para-hydroxylation sites is 1. The predicted octanol–water partition coefficient (Wildman–Crippen LogP) is 3.54. The zero-order valence-corrected chi connectivity index (χ0v) is 17.8. The SMILES string of the molecule is Cc1ccc(S(=O)(=O)N(CCc2ccccc2O)[C@H](CO)Cc2ccccc2)cc1. The van der Waals surface area contributed by atoms with Crippen LogP contribution in [0.15, 0.2) is 83.8 Å². The standard InChI is InChI=1S/C24H27NO4S/c1-19-11-13-23(14-12-19)30(28,29)25(16-15-21-9-5-6-10-24(21)27)22(18-26)17-20-7-3-2-4-8-20/h2-14,22,26-27H,15-18H2,1H3/t22-/m0/s1. The van der Waals surface area contributed by atoms with E-state index in [0.29, 0.717) is 18.4 Å². The van der Waals surface area contributed by atoms with Gasteiger partial charge in [0.05, 0.1) is 17.5 Å². The van der Waals surface area contributed by atoms with Crippen molar-refractivity contribution in [3.8, 4) is 5.75 Å². The van der Waals surface area contributed by atoms with Gasteiger partial charge in [-0.2, -0.15) is 4.31 Å². The van der Waals surface area contributed by atoms with Crippen LogP contribution in [0.25, 0.3) is 0 Å². The van der Waals surface area contributed by atoms with Gasteiger partial charge in [0.25, 0.3) is 0 Å². The van der Waals surface area contributed by atoms with Crippen LogP contribution in [0.3, 0.4) is 0 Å². The Morgan fingerprint density at radius 1 is 0.900 bits per heavy atom. The molecular formula is C24H27NO4S. The van der Waals surface area contributed by atoms with Crippen molar-refractivity contribution < 1.29 is 18.6 Å². The lowest BCUT2D eigenvalue weighted by Gasteiger charge is -2.30. The molecule has 158 valence electrons. The van der Waals surface area contributed by atoms with Crippen molar-refractivity contribution in [2.24, 2.45) is 0 Å². The van der Waals surface area contributed by atoms with E-state index in [2.05, 4.69) is 0 Å². The topological polar surface area (TPSA) is 77.8 Å². The molecule has 0 heterocycles. The van der Waals surface area contributed by atoms with Crippen LogP contribution >= 0.6 is 0 Å². The number of aryl methyl sites for hydroxylation is 1. The summed E-state index contributed by atoms with van der Waals surface area (Å²) >= 11 is 0. The number of hydrogen-bond acceptors (Lipinski definition) is 4. The number of nitrogens with zero attached hydrogens (tertiary/aromatic N) is 1. The van der Waals surface area contributed by atoms with E-state index in [9.17, 15) is 18.6 Å². The second kappa shape index (κ2) is 9.89. The summed E-state index contributed by atoms with van der Waals surface area (Å²) in [6.45, 7) is 1.74. The van der Waals surface area contributed by atoms with Gasteiger partial charge < -0.3 is 10.2 Å². The van der Waals surface area contributed by atoms with Crippen molar-refractivity contribution in [3.63, 3.8) is 0 Å². The van der Waals surface area contributed by atoms with Crippen molar-refractivity contribution in [1.82, 2.24) is 4.31 Å². The molecule has 3 aromatic rings. The number of aliphatic hydroxyl groups is 1. The van der Waals surface area contributed by atoms with Gasteiger partial charge in [-0.15, -0.1) is 0 Å². The summed E-state index contributed by atoms with van der Waals surface area (Å²) in [7, 11) is -3.84. The quantitative estimate of drug-likeness (QED) is 0.550. The average Bonchev–Trinajstić information content (AvgIpc) is 2.75. The third-order valence-corrected chi connectivity index (χ3v) is 7.12. The molecule has 0 aromatic heterocycles. The van der Waals surface area contributed by atoms with Crippen LogP contribution in [0.1, 0.15) is 16.7 Å². The van der Waals surface area contributed by atoms with E-state index in [1.807, 2.05) is 37.3 Å². The average molecular weight is 426 g/mol. The maximum Gasteiger partial charge on any atom is 0.243 e. The van der Waals surface area contributed by atoms with Gasteiger partial charge >= 0.3 is 0 Å². The molecule has 0 saturated carbocycles. The molecule has 0 aliphatic carbocycles. The molecule has 0 radical (unpaired) electrons. The molecule has 0 aliphatic rings. The smallest absolute Gasteiger partial charge is 0.243 e. The van der Waals surface area contributed by atoms with Gasteiger partial charge in [-0.25, -0.2) is 8.42 Å². The Kier molecular flexibility index (Phi) is 7.26. The molecule has 2 N–H and O–H groups in total. The first kappa shape index (κ1) is 22.0. The fourth-order valence-corrected chi connectivity index (χ4v) is 5.06. The molecule has 6 heteroatoms. The van der Waals surface area contributed by atoms with E-state index in [1.165, 1.54) is 4.31 Å². The first-order valence-corrected chi connectivity index (χ1v) is 11.4. The summed E-state index contributed by atoms with van der Waals surface area (Å²) in [6, 6.07) is 22.5. The number of phenols is 1. The lowest BCUT2D eigenvalue weighted by molar-refractivity contribution is 0.186. The van der Waals surface area contributed by atoms with E-state index in [1.54, 1.807) is 48.5 Å². The molecule has 0 amide bonds. The van der Waals surface area contributed by atoms with Crippen LogP contribution in [-0.2, 0) is 22.9 Å². The van der Waals surface area contributed by atoms with E-state index in [0.717, 1.165) is 11.1 Å². The lowest BCUT2D eigenvalue weighted by Crippen LogP contribution is -2.44. The van der Waals surface area contributed by atoms with Gasteiger partial charge in [0, 0.05) is 6.54 Å². The highest BCUT2D eigenvalue weighted by atomic mass is 32.2. The van der Waals surface area contributed by atoms with Gasteiger partial charge in [0.15, 0.2) is 0 Å². The second-order valence-corrected chi connectivity index (χ2v) is 9.22. The van der Waals surface area contributed by atoms with E-state index in [4.69, 9.17) is 0 Å². The Balaban J connectivity index is 1.94. The molecule has 3 rings (SSSR count). The summed E-state index contributed by atoms with van der Waals surface area (Å²) in [4.78, 5) is 0.192. The van der Waals surface area contributed by atoms with Gasteiger partial charge in [-0.1, -0.05) is 66.2 Å². The summed E-state index contributed by atoms with van der Waals surface area (Å²) in [5, 5.41) is 20.2. The first-order valence-electron chi connectivity index (χ1n) is 9.92. The summed E-state index contributed by atoms with van der Waals surface area (Å²) < 4.78 is 28.3. The lowest BCUT2D eigenvalue weighted by atomic mass is 10.1. The van der Waals surface area contributed by atoms with Crippen LogP contribution in [-0.4, -0.2) is 42.1 Å². The molecule has 30 heavy (non-hydrogen) atoms. The number of hydrogen-bond donors (Lipinski definition) is 2.